The summed E-state index contributed by atoms with van der Waals surface area (Å²) in [6, 6.07) is 0.815. The van der Waals surface area contributed by atoms with Crippen molar-refractivity contribution in [3.63, 3.8) is 0 Å². The number of hydrogen-bond acceptors (Lipinski definition) is 3. The van der Waals surface area contributed by atoms with E-state index in [1.54, 1.807) is 0 Å². The maximum atomic E-state index is 6.16. The van der Waals surface area contributed by atoms with Crippen molar-refractivity contribution in [3.05, 3.63) is 0 Å². The molecule has 2 aliphatic rings. The molecule has 0 amide bonds. The summed E-state index contributed by atoms with van der Waals surface area (Å²) in [6.07, 6.45) is 10.9. The predicted octanol–water partition coefficient (Wildman–Crippen LogP) is 2.84. The molecule has 3 heteroatoms. The lowest BCUT2D eigenvalue weighted by Crippen LogP contribution is -2.60. The number of unbranched alkanes of at least 4 members (excludes halogenated alkanes) is 4. The summed E-state index contributed by atoms with van der Waals surface area (Å²) in [5.41, 5.74) is 6.40. The van der Waals surface area contributed by atoms with Crippen LogP contribution in [0, 0.1) is 0 Å². The normalized spacial score (nSPS) is 27.4. The summed E-state index contributed by atoms with van der Waals surface area (Å²) in [6.45, 7) is 10.6. The molecule has 2 saturated heterocycles. The Hall–Kier alpha value is -0.120. The van der Waals surface area contributed by atoms with Crippen LogP contribution in [0.1, 0.15) is 65.2 Å². The topological polar surface area (TPSA) is 32.5 Å². The number of piperazine rings is 1. The molecule has 2 rings (SSSR count). The van der Waals surface area contributed by atoms with Gasteiger partial charge in [0.1, 0.15) is 0 Å². The second-order valence-corrected chi connectivity index (χ2v) is 7.14. The van der Waals surface area contributed by atoms with E-state index >= 15 is 0 Å². The molecule has 2 heterocycles. The SMILES string of the molecule is CCCCCCCC(C)(CN)N1CCN2CCCC2C1. The van der Waals surface area contributed by atoms with E-state index in [2.05, 4.69) is 23.6 Å². The molecule has 0 bridgehead atoms. The third-order valence-corrected chi connectivity index (χ3v) is 5.61. The highest BCUT2D eigenvalue weighted by atomic mass is 15.3. The Balaban J connectivity index is 1.79. The first-order valence-electron chi connectivity index (χ1n) is 8.89. The van der Waals surface area contributed by atoms with E-state index in [4.69, 9.17) is 5.73 Å². The maximum Gasteiger partial charge on any atom is 0.0304 e. The van der Waals surface area contributed by atoms with Crippen LogP contribution in [-0.4, -0.2) is 54.1 Å². The maximum absolute atomic E-state index is 6.16. The third-order valence-electron chi connectivity index (χ3n) is 5.61. The summed E-state index contributed by atoms with van der Waals surface area (Å²) in [5, 5.41) is 0. The fourth-order valence-corrected chi connectivity index (χ4v) is 3.98. The Morgan fingerprint density at radius 3 is 2.65 bits per heavy atom. The molecule has 118 valence electrons. The van der Waals surface area contributed by atoms with Crippen molar-refractivity contribution in [1.82, 2.24) is 9.80 Å². The highest BCUT2D eigenvalue weighted by molar-refractivity contribution is 4.95. The van der Waals surface area contributed by atoms with Gasteiger partial charge >= 0.3 is 0 Å². The minimum Gasteiger partial charge on any atom is -0.329 e. The van der Waals surface area contributed by atoms with Crippen molar-refractivity contribution in [2.45, 2.75) is 76.8 Å². The molecular formula is C17H35N3. The largest absolute Gasteiger partial charge is 0.329 e. The first-order chi connectivity index (χ1) is 9.69. The average Bonchev–Trinajstić information content (AvgIpc) is 2.94. The van der Waals surface area contributed by atoms with E-state index in [9.17, 15) is 0 Å². The molecule has 0 radical (unpaired) electrons. The van der Waals surface area contributed by atoms with Crippen LogP contribution in [0.2, 0.25) is 0 Å². The molecule has 0 spiro atoms. The van der Waals surface area contributed by atoms with E-state index in [1.165, 1.54) is 77.5 Å². The van der Waals surface area contributed by atoms with Crippen LogP contribution < -0.4 is 5.73 Å². The first-order valence-corrected chi connectivity index (χ1v) is 8.89. The molecule has 20 heavy (non-hydrogen) atoms. The van der Waals surface area contributed by atoms with Crippen LogP contribution in [0.15, 0.2) is 0 Å². The molecule has 0 saturated carbocycles. The van der Waals surface area contributed by atoms with Crippen LogP contribution in [-0.2, 0) is 0 Å². The Labute approximate surface area is 125 Å². The lowest BCUT2D eigenvalue weighted by molar-refractivity contribution is 0.0215. The van der Waals surface area contributed by atoms with Crippen molar-refractivity contribution >= 4 is 0 Å². The fraction of sp³-hybridized carbons (Fsp3) is 1.00. The molecule has 2 atom stereocenters. The number of fused-ring (bicyclic) bond motifs is 1. The standard InChI is InChI=1S/C17H35N3/c1-3-4-5-6-7-10-17(2,15-18)20-13-12-19-11-8-9-16(19)14-20/h16H,3-15,18H2,1-2H3. The van der Waals surface area contributed by atoms with Gasteiger partial charge in [0, 0.05) is 37.8 Å². The highest BCUT2D eigenvalue weighted by Crippen LogP contribution is 2.29. The molecule has 0 aromatic carbocycles. The van der Waals surface area contributed by atoms with Gasteiger partial charge in [0.25, 0.3) is 0 Å². The van der Waals surface area contributed by atoms with Crippen molar-refractivity contribution in [3.8, 4) is 0 Å². The second kappa shape index (κ2) is 7.77. The Bertz CT molecular complexity index is 281. The van der Waals surface area contributed by atoms with Crippen LogP contribution in [0.5, 0.6) is 0 Å². The van der Waals surface area contributed by atoms with Gasteiger partial charge in [0.2, 0.25) is 0 Å². The molecule has 0 aromatic heterocycles. The van der Waals surface area contributed by atoms with Gasteiger partial charge in [-0.1, -0.05) is 39.0 Å². The Morgan fingerprint density at radius 2 is 1.90 bits per heavy atom. The first kappa shape index (κ1) is 16.3. The highest BCUT2D eigenvalue weighted by Gasteiger charge is 2.37. The van der Waals surface area contributed by atoms with Crippen molar-refractivity contribution in [2.75, 3.05) is 32.7 Å². The molecule has 0 aliphatic carbocycles. The summed E-state index contributed by atoms with van der Waals surface area (Å²) >= 11 is 0. The zero-order valence-electron chi connectivity index (χ0n) is 13.7. The van der Waals surface area contributed by atoms with Gasteiger partial charge in [0.15, 0.2) is 0 Å². The summed E-state index contributed by atoms with van der Waals surface area (Å²) in [7, 11) is 0. The molecular weight excluding hydrogens is 246 g/mol. The molecule has 3 nitrogen and oxygen atoms in total. The molecule has 0 aromatic rings. The van der Waals surface area contributed by atoms with Gasteiger partial charge in [-0.25, -0.2) is 0 Å². The summed E-state index contributed by atoms with van der Waals surface area (Å²) in [4.78, 5) is 5.40. The number of nitrogens with zero attached hydrogens (tertiary/aromatic N) is 2. The lowest BCUT2D eigenvalue weighted by Gasteiger charge is -2.47. The van der Waals surface area contributed by atoms with Gasteiger partial charge < -0.3 is 5.73 Å². The number of nitrogens with two attached hydrogens (primary N) is 1. The van der Waals surface area contributed by atoms with Crippen LogP contribution in [0.3, 0.4) is 0 Å². The lowest BCUT2D eigenvalue weighted by atomic mass is 9.90. The quantitative estimate of drug-likeness (QED) is 0.694. The van der Waals surface area contributed by atoms with Crippen molar-refractivity contribution in [2.24, 2.45) is 5.73 Å². The van der Waals surface area contributed by atoms with E-state index in [1.807, 2.05) is 0 Å². The minimum absolute atomic E-state index is 0.237. The van der Waals surface area contributed by atoms with E-state index in [-0.39, 0.29) is 5.54 Å². The van der Waals surface area contributed by atoms with Crippen LogP contribution in [0.25, 0.3) is 0 Å². The average molecular weight is 281 g/mol. The second-order valence-electron chi connectivity index (χ2n) is 7.14. The fourth-order valence-electron chi connectivity index (χ4n) is 3.98. The van der Waals surface area contributed by atoms with Crippen molar-refractivity contribution in [1.29, 1.82) is 0 Å². The van der Waals surface area contributed by atoms with E-state index < -0.39 is 0 Å². The van der Waals surface area contributed by atoms with E-state index in [0.29, 0.717) is 0 Å². The van der Waals surface area contributed by atoms with Crippen molar-refractivity contribution < 1.29 is 0 Å². The van der Waals surface area contributed by atoms with Gasteiger partial charge in [-0.3, -0.25) is 9.80 Å². The smallest absolute Gasteiger partial charge is 0.0304 e. The zero-order chi connectivity index (χ0) is 14.4. The molecule has 2 N–H and O–H groups in total. The number of hydrogen-bond donors (Lipinski definition) is 1. The third kappa shape index (κ3) is 3.96. The van der Waals surface area contributed by atoms with Gasteiger partial charge in [-0.2, -0.15) is 0 Å². The Kier molecular flexibility index (Phi) is 6.31. The van der Waals surface area contributed by atoms with Gasteiger partial charge in [-0.15, -0.1) is 0 Å². The zero-order valence-corrected chi connectivity index (χ0v) is 13.7. The minimum atomic E-state index is 0.237. The Morgan fingerprint density at radius 1 is 1.10 bits per heavy atom. The van der Waals surface area contributed by atoms with Gasteiger partial charge in [-0.05, 0) is 32.7 Å². The number of rotatable bonds is 8. The summed E-state index contributed by atoms with van der Waals surface area (Å²) in [5.74, 6) is 0. The summed E-state index contributed by atoms with van der Waals surface area (Å²) < 4.78 is 0. The molecule has 2 aliphatic heterocycles. The van der Waals surface area contributed by atoms with Crippen LogP contribution >= 0.6 is 0 Å². The monoisotopic (exact) mass is 281 g/mol. The van der Waals surface area contributed by atoms with Gasteiger partial charge in [0.05, 0.1) is 0 Å². The predicted molar refractivity (Wildman–Crippen MR) is 87.0 cm³/mol. The molecule has 2 fully saturated rings. The van der Waals surface area contributed by atoms with E-state index in [0.717, 1.165) is 12.6 Å². The molecule has 2 unspecified atom stereocenters. The van der Waals surface area contributed by atoms with Crippen LogP contribution in [0.4, 0.5) is 0 Å².